The predicted octanol–water partition coefficient (Wildman–Crippen LogP) is 4.61. The zero-order valence-electron chi connectivity index (χ0n) is 27.8. The van der Waals surface area contributed by atoms with Crippen molar-refractivity contribution < 1.29 is 33.8 Å². The number of aliphatic hydroxyl groups excluding tert-OH is 1. The molecule has 2 bridgehead atoms. The summed E-state index contributed by atoms with van der Waals surface area (Å²) in [6, 6.07) is 7.83. The first-order valence-electron chi connectivity index (χ1n) is 17.5. The Morgan fingerprint density at radius 3 is 2.56 bits per heavy atom. The Labute approximate surface area is 292 Å². The minimum atomic E-state index is -1.17. The SMILES string of the molecule is C=CCCC(=O)OC[C@H](NC(=O)[C@@H]1[C@H]2O[C@@]3(CC2Br)[C@H](C(=O)N(CC=C)C2CCCCC2)N(CCCCCO)C(=O)[C@@H]13)c1ccccc1. The van der Waals surface area contributed by atoms with Crippen LogP contribution in [0, 0.1) is 11.8 Å². The fraction of sp³-hybridized carbons (Fsp3) is 0.622. The molecular weight excluding hydrogens is 678 g/mol. The molecular formula is C37H50BrN3O7. The maximum atomic E-state index is 14.8. The van der Waals surface area contributed by atoms with Gasteiger partial charge in [0.25, 0.3) is 0 Å². The van der Waals surface area contributed by atoms with Crippen LogP contribution in [0.4, 0.5) is 0 Å². The van der Waals surface area contributed by atoms with E-state index in [1.54, 1.807) is 17.1 Å². The van der Waals surface area contributed by atoms with Gasteiger partial charge in [-0.05, 0) is 50.5 Å². The van der Waals surface area contributed by atoms with Gasteiger partial charge in [-0.15, -0.1) is 13.2 Å². The molecule has 1 saturated carbocycles. The second kappa shape index (κ2) is 16.6. The van der Waals surface area contributed by atoms with E-state index in [1.807, 2.05) is 35.2 Å². The highest BCUT2D eigenvalue weighted by molar-refractivity contribution is 9.09. The Morgan fingerprint density at radius 1 is 1.12 bits per heavy atom. The largest absolute Gasteiger partial charge is 0.463 e. The first kappa shape index (κ1) is 36.3. The van der Waals surface area contributed by atoms with Gasteiger partial charge in [0, 0.05) is 37.0 Å². The monoisotopic (exact) mass is 727 g/mol. The molecule has 10 nitrogen and oxygen atoms in total. The molecule has 3 amide bonds. The third kappa shape index (κ3) is 7.43. The number of carbonyl (C=O) groups excluding carboxylic acids is 4. The predicted molar refractivity (Wildman–Crippen MR) is 185 cm³/mol. The van der Waals surface area contributed by atoms with Crippen LogP contribution in [0.15, 0.2) is 55.6 Å². The number of ether oxygens (including phenoxy) is 2. The van der Waals surface area contributed by atoms with Crippen molar-refractivity contribution in [2.75, 3.05) is 26.3 Å². The summed E-state index contributed by atoms with van der Waals surface area (Å²) in [5, 5.41) is 12.5. The van der Waals surface area contributed by atoms with Gasteiger partial charge in [0.05, 0.1) is 24.0 Å². The minimum absolute atomic E-state index is 0.0577. The minimum Gasteiger partial charge on any atom is -0.463 e. The van der Waals surface area contributed by atoms with Crippen molar-refractivity contribution in [3.05, 3.63) is 61.2 Å². The Morgan fingerprint density at radius 2 is 1.88 bits per heavy atom. The third-order valence-corrected chi connectivity index (χ3v) is 11.3. The second-order valence-corrected chi connectivity index (χ2v) is 14.7. The molecule has 1 aromatic rings. The number of likely N-dealkylation sites (tertiary alicyclic amines) is 1. The summed E-state index contributed by atoms with van der Waals surface area (Å²) < 4.78 is 12.3. The van der Waals surface area contributed by atoms with Gasteiger partial charge in [-0.3, -0.25) is 19.2 Å². The normalized spacial score (nSPS) is 28.5. The van der Waals surface area contributed by atoms with Crippen LogP contribution in [-0.4, -0.2) is 93.5 Å². The molecule has 3 heterocycles. The first-order chi connectivity index (χ1) is 23.3. The van der Waals surface area contributed by atoms with Gasteiger partial charge in [-0.2, -0.15) is 0 Å². The maximum absolute atomic E-state index is 14.8. The number of hydrogen-bond donors (Lipinski definition) is 2. The number of rotatable bonds is 17. The van der Waals surface area contributed by atoms with E-state index in [0.29, 0.717) is 45.2 Å². The third-order valence-electron chi connectivity index (χ3n) is 10.5. The summed E-state index contributed by atoms with van der Waals surface area (Å²) in [4.78, 5) is 59.4. The van der Waals surface area contributed by atoms with Gasteiger partial charge < -0.3 is 29.7 Å². The molecule has 3 saturated heterocycles. The molecule has 5 rings (SSSR count). The highest BCUT2D eigenvalue weighted by Gasteiger charge is 2.76. The number of halogens is 1. The Kier molecular flexibility index (Phi) is 12.5. The van der Waals surface area contributed by atoms with Gasteiger partial charge in [-0.1, -0.05) is 77.7 Å². The zero-order valence-corrected chi connectivity index (χ0v) is 29.4. The number of benzene rings is 1. The highest BCUT2D eigenvalue weighted by Crippen LogP contribution is 2.60. The van der Waals surface area contributed by atoms with Gasteiger partial charge in [-0.25, -0.2) is 0 Å². The molecule has 1 aromatic carbocycles. The van der Waals surface area contributed by atoms with E-state index < -0.39 is 35.6 Å². The van der Waals surface area contributed by atoms with Gasteiger partial charge in [0.2, 0.25) is 17.7 Å². The van der Waals surface area contributed by atoms with Crippen molar-refractivity contribution in [3.8, 4) is 0 Å². The molecule has 4 fully saturated rings. The number of unbranched alkanes of at least 4 members (excludes halogenated alkanes) is 2. The summed E-state index contributed by atoms with van der Waals surface area (Å²) in [7, 11) is 0. The summed E-state index contributed by atoms with van der Waals surface area (Å²) in [6.45, 7) is 8.29. The van der Waals surface area contributed by atoms with Crippen LogP contribution in [0.25, 0.3) is 0 Å². The molecule has 262 valence electrons. The lowest BCUT2D eigenvalue weighted by Gasteiger charge is -2.41. The summed E-state index contributed by atoms with van der Waals surface area (Å²) >= 11 is 3.77. The molecule has 1 unspecified atom stereocenters. The lowest BCUT2D eigenvalue weighted by Crippen LogP contribution is -2.58. The molecule has 2 N–H and O–H groups in total. The molecule has 3 aliphatic heterocycles. The average Bonchev–Trinajstić information content (AvgIpc) is 3.69. The number of nitrogens with one attached hydrogen (secondary N) is 1. The summed E-state index contributed by atoms with van der Waals surface area (Å²) in [5.74, 6) is -2.84. The summed E-state index contributed by atoms with van der Waals surface area (Å²) in [6.07, 6.45) is 10.9. The topological polar surface area (TPSA) is 125 Å². The Bertz CT molecular complexity index is 1320. The number of amides is 3. The van der Waals surface area contributed by atoms with Gasteiger partial charge in [0.15, 0.2) is 0 Å². The van der Waals surface area contributed by atoms with Gasteiger partial charge in [0.1, 0.15) is 18.2 Å². The lowest BCUT2D eigenvalue weighted by molar-refractivity contribution is -0.150. The number of fused-ring (bicyclic) bond motifs is 1. The highest BCUT2D eigenvalue weighted by atomic mass is 79.9. The van der Waals surface area contributed by atoms with Crippen molar-refractivity contribution in [3.63, 3.8) is 0 Å². The molecule has 7 atom stereocenters. The Hall–Kier alpha value is -3.02. The average molecular weight is 729 g/mol. The fourth-order valence-electron chi connectivity index (χ4n) is 8.27. The van der Waals surface area contributed by atoms with E-state index in [4.69, 9.17) is 9.47 Å². The van der Waals surface area contributed by atoms with Crippen LogP contribution in [0.1, 0.15) is 82.2 Å². The fourth-order valence-corrected chi connectivity index (χ4v) is 9.21. The second-order valence-electron chi connectivity index (χ2n) is 13.5. The van der Waals surface area contributed by atoms with Crippen LogP contribution in [0.3, 0.4) is 0 Å². The van der Waals surface area contributed by atoms with Crippen molar-refractivity contribution in [2.24, 2.45) is 11.8 Å². The number of allylic oxidation sites excluding steroid dienone is 1. The van der Waals surface area contributed by atoms with E-state index >= 15 is 0 Å². The van der Waals surface area contributed by atoms with Crippen LogP contribution in [-0.2, 0) is 28.7 Å². The quantitative estimate of drug-likeness (QED) is 0.104. The van der Waals surface area contributed by atoms with Crippen molar-refractivity contribution in [1.82, 2.24) is 15.1 Å². The van der Waals surface area contributed by atoms with E-state index in [-0.39, 0.29) is 54.2 Å². The number of alkyl halides is 1. The molecule has 1 aliphatic carbocycles. The van der Waals surface area contributed by atoms with Crippen LogP contribution in [0.5, 0.6) is 0 Å². The molecule has 4 aliphatic rings. The standard InChI is InChI=1S/C37H50BrN3O7/c1-3-5-19-29(43)47-24-28(25-15-9-6-10-16-25)39-34(44)30-31-35(45)41(21-13-8-14-22-42)33(37(31)23-27(38)32(30)48-37)36(46)40(20-4-2)26-17-11-7-12-18-26/h3-4,6,9-10,15-16,26-28,30-33,42H,1-2,5,7-8,11-14,17-24H2,(H,39,44)/t27?,28-,30-,31+,32-,33-,37+/m0/s1. The maximum Gasteiger partial charge on any atom is 0.306 e. The van der Waals surface area contributed by atoms with E-state index in [1.165, 1.54) is 0 Å². The van der Waals surface area contributed by atoms with E-state index in [0.717, 1.165) is 37.7 Å². The van der Waals surface area contributed by atoms with Crippen molar-refractivity contribution in [2.45, 2.75) is 105 Å². The number of esters is 1. The lowest BCUT2D eigenvalue weighted by atomic mass is 9.70. The molecule has 0 aromatic heterocycles. The smallest absolute Gasteiger partial charge is 0.306 e. The van der Waals surface area contributed by atoms with Crippen LogP contribution >= 0.6 is 15.9 Å². The molecule has 48 heavy (non-hydrogen) atoms. The first-order valence-corrected chi connectivity index (χ1v) is 18.4. The molecule has 11 heteroatoms. The van der Waals surface area contributed by atoms with E-state index in [2.05, 4.69) is 34.4 Å². The van der Waals surface area contributed by atoms with Crippen molar-refractivity contribution >= 4 is 39.6 Å². The van der Waals surface area contributed by atoms with E-state index in [9.17, 15) is 24.3 Å². The van der Waals surface area contributed by atoms with Gasteiger partial charge >= 0.3 is 5.97 Å². The van der Waals surface area contributed by atoms with Crippen molar-refractivity contribution in [1.29, 1.82) is 0 Å². The number of hydrogen-bond acceptors (Lipinski definition) is 7. The Balaban J connectivity index is 1.44. The zero-order chi connectivity index (χ0) is 34.3. The molecule has 1 spiro atoms. The van der Waals surface area contributed by atoms with Crippen LogP contribution in [0.2, 0.25) is 0 Å². The van der Waals surface area contributed by atoms with Crippen LogP contribution < -0.4 is 5.32 Å². The molecule has 0 radical (unpaired) electrons. The number of carbonyl (C=O) groups is 4. The summed E-state index contributed by atoms with van der Waals surface area (Å²) in [5.41, 5.74) is -0.403. The number of nitrogens with zero attached hydrogens (tertiary/aromatic N) is 2. The number of aliphatic hydroxyl groups is 1.